The van der Waals surface area contributed by atoms with Crippen LogP contribution in [0.15, 0.2) is 24.3 Å². The molecule has 7 heteroatoms. The van der Waals surface area contributed by atoms with E-state index in [0.717, 1.165) is 0 Å². The molecule has 1 rings (SSSR count). The SMILES string of the molecule is CC(C)(CNCC(O)c1ccc([N+](=O)[O-])cc1)C(N)=O. The van der Waals surface area contributed by atoms with E-state index in [-0.39, 0.29) is 12.2 Å². The topological polar surface area (TPSA) is 118 Å². The number of carbonyl (C=O) groups excluding carboxylic acids is 1. The van der Waals surface area contributed by atoms with E-state index >= 15 is 0 Å². The number of hydrogen-bond donors (Lipinski definition) is 3. The van der Waals surface area contributed by atoms with Gasteiger partial charge < -0.3 is 16.2 Å². The molecule has 20 heavy (non-hydrogen) atoms. The van der Waals surface area contributed by atoms with Crippen LogP contribution in [0.4, 0.5) is 5.69 Å². The Hall–Kier alpha value is -1.99. The van der Waals surface area contributed by atoms with E-state index in [1.165, 1.54) is 24.3 Å². The zero-order chi connectivity index (χ0) is 15.3. The van der Waals surface area contributed by atoms with Crippen molar-refractivity contribution in [1.29, 1.82) is 0 Å². The number of aliphatic hydroxyl groups is 1. The predicted molar refractivity (Wildman–Crippen MR) is 73.9 cm³/mol. The van der Waals surface area contributed by atoms with E-state index in [0.29, 0.717) is 12.1 Å². The van der Waals surface area contributed by atoms with Crippen molar-refractivity contribution in [3.63, 3.8) is 0 Å². The van der Waals surface area contributed by atoms with Gasteiger partial charge in [0.2, 0.25) is 5.91 Å². The standard InChI is InChI=1S/C13H19N3O4/c1-13(2,12(14)18)8-15-7-11(17)9-3-5-10(6-4-9)16(19)20/h3-6,11,15,17H,7-8H2,1-2H3,(H2,14,18). The Morgan fingerprint density at radius 3 is 2.45 bits per heavy atom. The summed E-state index contributed by atoms with van der Waals surface area (Å²) in [5.41, 5.74) is 5.08. The molecule has 0 aromatic heterocycles. The molecule has 1 amide bonds. The van der Waals surface area contributed by atoms with Crippen LogP contribution in [0, 0.1) is 15.5 Å². The summed E-state index contributed by atoms with van der Waals surface area (Å²) >= 11 is 0. The van der Waals surface area contributed by atoms with Gasteiger partial charge in [0, 0.05) is 25.2 Å². The van der Waals surface area contributed by atoms with Crippen LogP contribution in [0.3, 0.4) is 0 Å². The number of amides is 1. The molecule has 1 aromatic carbocycles. The van der Waals surface area contributed by atoms with E-state index in [1.54, 1.807) is 13.8 Å². The number of aliphatic hydroxyl groups excluding tert-OH is 1. The second-order valence-electron chi connectivity index (χ2n) is 5.24. The number of rotatable bonds is 7. The van der Waals surface area contributed by atoms with Gasteiger partial charge in [-0.15, -0.1) is 0 Å². The number of nitro benzene ring substituents is 1. The lowest BCUT2D eigenvalue weighted by Crippen LogP contribution is -2.41. The minimum atomic E-state index is -0.806. The summed E-state index contributed by atoms with van der Waals surface area (Å²) in [7, 11) is 0. The summed E-state index contributed by atoms with van der Waals surface area (Å²) in [4.78, 5) is 21.1. The third kappa shape index (κ3) is 4.29. The van der Waals surface area contributed by atoms with Gasteiger partial charge in [-0.25, -0.2) is 0 Å². The highest BCUT2D eigenvalue weighted by atomic mass is 16.6. The fourth-order valence-electron chi connectivity index (χ4n) is 1.54. The molecule has 0 spiro atoms. The maximum absolute atomic E-state index is 11.1. The monoisotopic (exact) mass is 281 g/mol. The van der Waals surface area contributed by atoms with Crippen LogP contribution in [-0.4, -0.2) is 29.0 Å². The second kappa shape index (κ2) is 6.44. The molecule has 0 radical (unpaired) electrons. The molecule has 0 aliphatic heterocycles. The number of primary amides is 1. The first-order valence-corrected chi connectivity index (χ1v) is 6.17. The summed E-state index contributed by atoms with van der Waals surface area (Å²) in [5.74, 6) is -0.421. The zero-order valence-corrected chi connectivity index (χ0v) is 11.5. The van der Waals surface area contributed by atoms with Crippen molar-refractivity contribution in [2.45, 2.75) is 20.0 Å². The number of nitrogens with two attached hydrogens (primary N) is 1. The largest absolute Gasteiger partial charge is 0.387 e. The third-order valence-electron chi connectivity index (χ3n) is 3.06. The molecule has 0 aliphatic rings. The van der Waals surface area contributed by atoms with Crippen molar-refractivity contribution < 1.29 is 14.8 Å². The molecule has 1 unspecified atom stereocenters. The van der Waals surface area contributed by atoms with E-state index in [9.17, 15) is 20.0 Å². The number of nitrogens with zero attached hydrogens (tertiary/aromatic N) is 1. The summed E-state index contributed by atoms with van der Waals surface area (Å²) < 4.78 is 0. The second-order valence-corrected chi connectivity index (χ2v) is 5.24. The summed E-state index contributed by atoms with van der Waals surface area (Å²) in [6, 6.07) is 5.69. The van der Waals surface area contributed by atoms with E-state index in [1.807, 2.05) is 0 Å². The van der Waals surface area contributed by atoms with Crippen molar-refractivity contribution in [2.75, 3.05) is 13.1 Å². The molecule has 0 fully saturated rings. The molecule has 0 bridgehead atoms. The Balaban J connectivity index is 2.53. The molecule has 1 atom stereocenters. The van der Waals surface area contributed by atoms with Gasteiger partial charge in [0.25, 0.3) is 5.69 Å². The van der Waals surface area contributed by atoms with Crippen LogP contribution in [0.2, 0.25) is 0 Å². The van der Waals surface area contributed by atoms with E-state index in [2.05, 4.69) is 5.32 Å². The van der Waals surface area contributed by atoms with Gasteiger partial charge in [0.05, 0.1) is 16.4 Å². The number of nitrogens with one attached hydrogen (secondary N) is 1. The highest BCUT2D eigenvalue weighted by Crippen LogP contribution is 2.18. The Morgan fingerprint density at radius 2 is 2.00 bits per heavy atom. The van der Waals surface area contributed by atoms with Crippen LogP contribution in [-0.2, 0) is 4.79 Å². The summed E-state index contributed by atoms with van der Waals surface area (Å²) in [5, 5.41) is 23.4. The number of non-ortho nitro benzene ring substituents is 1. The first-order chi connectivity index (χ1) is 9.24. The predicted octanol–water partition coefficient (Wildman–Crippen LogP) is 0.729. The minimum absolute atomic E-state index is 0.0243. The van der Waals surface area contributed by atoms with Crippen LogP contribution in [0.25, 0.3) is 0 Å². The lowest BCUT2D eigenvalue weighted by molar-refractivity contribution is -0.384. The van der Waals surface area contributed by atoms with Crippen molar-refractivity contribution in [2.24, 2.45) is 11.1 Å². The van der Waals surface area contributed by atoms with Gasteiger partial charge in [-0.2, -0.15) is 0 Å². The van der Waals surface area contributed by atoms with Crippen LogP contribution in [0.5, 0.6) is 0 Å². The normalized spacial score (nSPS) is 12.9. The molecule has 0 heterocycles. The van der Waals surface area contributed by atoms with Gasteiger partial charge in [-0.1, -0.05) is 0 Å². The third-order valence-corrected chi connectivity index (χ3v) is 3.06. The van der Waals surface area contributed by atoms with Crippen molar-refractivity contribution in [3.05, 3.63) is 39.9 Å². The van der Waals surface area contributed by atoms with Crippen molar-refractivity contribution in [3.8, 4) is 0 Å². The fourth-order valence-corrected chi connectivity index (χ4v) is 1.54. The van der Waals surface area contributed by atoms with Crippen molar-refractivity contribution in [1.82, 2.24) is 5.32 Å². The highest BCUT2D eigenvalue weighted by molar-refractivity contribution is 5.80. The zero-order valence-electron chi connectivity index (χ0n) is 11.5. The van der Waals surface area contributed by atoms with Gasteiger partial charge in [-0.3, -0.25) is 14.9 Å². The molecule has 7 nitrogen and oxygen atoms in total. The Kier molecular flexibility index (Phi) is 5.18. The summed E-state index contributed by atoms with van der Waals surface area (Å²) in [6.07, 6.45) is -0.806. The lowest BCUT2D eigenvalue weighted by Gasteiger charge is -2.22. The van der Waals surface area contributed by atoms with Crippen LogP contribution in [0.1, 0.15) is 25.5 Å². The maximum Gasteiger partial charge on any atom is 0.269 e. The molecule has 110 valence electrons. The molecular weight excluding hydrogens is 262 g/mol. The number of carbonyl (C=O) groups is 1. The van der Waals surface area contributed by atoms with Gasteiger partial charge in [0.15, 0.2) is 0 Å². The molecule has 4 N–H and O–H groups in total. The number of nitro groups is 1. The quantitative estimate of drug-likeness (QED) is 0.503. The smallest absolute Gasteiger partial charge is 0.269 e. The highest BCUT2D eigenvalue weighted by Gasteiger charge is 2.24. The maximum atomic E-state index is 11.1. The molecule has 0 saturated heterocycles. The van der Waals surface area contributed by atoms with Gasteiger partial charge in [-0.05, 0) is 31.5 Å². The van der Waals surface area contributed by atoms with Crippen molar-refractivity contribution >= 4 is 11.6 Å². The Morgan fingerprint density at radius 1 is 1.45 bits per heavy atom. The molecule has 0 aliphatic carbocycles. The fraction of sp³-hybridized carbons (Fsp3) is 0.462. The van der Waals surface area contributed by atoms with Gasteiger partial charge >= 0.3 is 0 Å². The molecular formula is C13H19N3O4. The number of hydrogen-bond acceptors (Lipinski definition) is 5. The minimum Gasteiger partial charge on any atom is -0.387 e. The van der Waals surface area contributed by atoms with E-state index < -0.39 is 22.3 Å². The molecule has 1 aromatic rings. The Labute approximate surface area is 116 Å². The first kappa shape index (κ1) is 16.1. The number of benzene rings is 1. The average Bonchev–Trinajstić information content (AvgIpc) is 2.38. The van der Waals surface area contributed by atoms with Crippen LogP contribution < -0.4 is 11.1 Å². The van der Waals surface area contributed by atoms with Gasteiger partial charge in [0.1, 0.15) is 0 Å². The molecule has 0 saturated carbocycles. The lowest BCUT2D eigenvalue weighted by atomic mass is 9.92. The average molecular weight is 281 g/mol. The van der Waals surface area contributed by atoms with Crippen LogP contribution >= 0.6 is 0 Å². The first-order valence-electron chi connectivity index (χ1n) is 6.17. The summed E-state index contributed by atoms with van der Waals surface area (Å²) in [6.45, 7) is 3.99. The van der Waals surface area contributed by atoms with E-state index in [4.69, 9.17) is 5.73 Å². The Bertz CT molecular complexity index is 485.